The van der Waals surface area contributed by atoms with Crippen LogP contribution >= 0.6 is 12.2 Å². The Morgan fingerprint density at radius 2 is 1.55 bits per heavy atom. The molecule has 4 heteroatoms. The molecule has 0 unspecified atom stereocenters. The van der Waals surface area contributed by atoms with E-state index in [2.05, 4.69) is 10.6 Å². The normalized spacial score (nSPS) is 9.80. The number of carbonyl (C=O) groups is 1. The second-order valence-electron chi connectivity index (χ2n) is 4.35. The summed E-state index contributed by atoms with van der Waals surface area (Å²) in [5.41, 5.74) is 2.01. The standard InChI is InChI=1S/C16H16N2OS/c19-15(12-11-13-7-3-1-4-8-13)18-16(20)17-14-9-5-2-6-10-14/h1-10H,11-12H2,(H2,17,18,19,20). The fourth-order valence-electron chi connectivity index (χ4n) is 1.78. The predicted molar refractivity (Wildman–Crippen MR) is 85.6 cm³/mol. The molecular weight excluding hydrogens is 268 g/mol. The van der Waals surface area contributed by atoms with Gasteiger partial charge in [-0.25, -0.2) is 0 Å². The van der Waals surface area contributed by atoms with Gasteiger partial charge in [-0.05, 0) is 36.3 Å². The Kier molecular flexibility index (Phi) is 5.26. The zero-order valence-electron chi connectivity index (χ0n) is 11.0. The first kappa shape index (κ1) is 14.2. The second kappa shape index (κ2) is 7.40. The Labute approximate surface area is 124 Å². The van der Waals surface area contributed by atoms with E-state index < -0.39 is 0 Å². The number of aryl methyl sites for hydroxylation is 1. The van der Waals surface area contributed by atoms with Crippen molar-refractivity contribution >= 4 is 28.9 Å². The van der Waals surface area contributed by atoms with E-state index in [0.29, 0.717) is 18.0 Å². The first-order chi connectivity index (χ1) is 9.74. The van der Waals surface area contributed by atoms with Gasteiger partial charge in [0.15, 0.2) is 5.11 Å². The molecule has 0 aliphatic carbocycles. The second-order valence-corrected chi connectivity index (χ2v) is 4.76. The summed E-state index contributed by atoms with van der Waals surface area (Å²) < 4.78 is 0. The van der Waals surface area contributed by atoms with E-state index in [-0.39, 0.29) is 5.91 Å². The van der Waals surface area contributed by atoms with Crippen molar-refractivity contribution in [3.63, 3.8) is 0 Å². The van der Waals surface area contributed by atoms with Gasteiger partial charge in [0.1, 0.15) is 0 Å². The predicted octanol–water partition coefficient (Wildman–Crippen LogP) is 3.13. The van der Waals surface area contributed by atoms with Crippen LogP contribution in [0.25, 0.3) is 0 Å². The van der Waals surface area contributed by atoms with E-state index in [4.69, 9.17) is 12.2 Å². The molecule has 1 amide bonds. The Balaban J connectivity index is 1.75. The third-order valence-electron chi connectivity index (χ3n) is 2.77. The molecule has 0 saturated carbocycles. The topological polar surface area (TPSA) is 41.1 Å². The molecule has 20 heavy (non-hydrogen) atoms. The first-order valence-electron chi connectivity index (χ1n) is 6.44. The van der Waals surface area contributed by atoms with Gasteiger partial charge < -0.3 is 10.6 Å². The summed E-state index contributed by atoms with van der Waals surface area (Å²) in [5, 5.41) is 5.98. The Bertz CT molecular complexity index is 570. The zero-order valence-corrected chi connectivity index (χ0v) is 11.8. The van der Waals surface area contributed by atoms with Crippen molar-refractivity contribution in [1.82, 2.24) is 5.32 Å². The summed E-state index contributed by atoms with van der Waals surface area (Å²) in [6.45, 7) is 0. The van der Waals surface area contributed by atoms with E-state index in [9.17, 15) is 4.79 Å². The van der Waals surface area contributed by atoms with Crippen LogP contribution in [0.4, 0.5) is 5.69 Å². The average molecular weight is 284 g/mol. The number of thiocarbonyl (C=S) groups is 1. The summed E-state index contributed by atoms with van der Waals surface area (Å²) in [7, 11) is 0. The Morgan fingerprint density at radius 3 is 2.20 bits per heavy atom. The van der Waals surface area contributed by atoms with E-state index in [1.165, 1.54) is 0 Å². The van der Waals surface area contributed by atoms with E-state index in [1.807, 2.05) is 60.7 Å². The summed E-state index contributed by atoms with van der Waals surface area (Å²) in [4.78, 5) is 11.8. The third kappa shape index (κ3) is 4.82. The fourth-order valence-corrected chi connectivity index (χ4v) is 2.01. The molecule has 3 nitrogen and oxygen atoms in total. The van der Waals surface area contributed by atoms with Crippen LogP contribution in [0.5, 0.6) is 0 Å². The van der Waals surface area contributed by atoms with Crippen molar-refractivity contribution in [2.45, 2.75) is 12.8 Å². The van der Waals surface area contributed by atoms with E-state index in [0.717, 1.165) is 11.3 Å². The van der Waals surface area contributed by atoms with Crippen LogP contribution in [0, 0.1) is 0 Å². The van der Waals surface area contributed by atoms with Gasteiger partial charge in [0, 0.05) is 12.1 Å². The van der Waals surface area contributed by atoms with Crippen LogP contribution in [0.3, 0.4) is 0 Å². The Morgan fingerprint density at radius 1 is 0.950 bits per heavy atom. The summed E-state index contributed by atoms with van der Waals surface area (Å²) >= 11 is 5.10. The number of rotatable bonds is 4. The van der Waals surface area contributed by atoms with E-state index >= 15 is 0 Å². The molecule has 0 saturated heterocycles. The minimum Gasteiger partial charge on any atom is -0.332 e. The molecule has 2 N–H and O–H groups in total. The number of carbonyl (C=O) groups excluding carboxylic acids is 1. The van der Waals surface area contributed by atoms with Crippen molar-refractivity contribution in [2.75, 3.05) is 5.32 Å². The first-order valence-corrected chi connectivity index (χ1v) is 6.84. The number of para-hydroxylation sites is 1. The fraction of sp³-hybridized carbons (Fsp3) is 0.125. The SMILES string of the molecule is O=C(CCc1ccccc1)NC(=S)Nc1ccccc1. The smallest absolute Gasteiger partial charge is 0.226 e. The summed E-state index contributed by atoms with van der Waals surface area (Å²) in [5.74, 6) is -0.0812. The molecule has 2 rings (SSSR count). The number of amides is 1. The molecule has 0 aliphatic rings. The van der Waals surface area contributed by atoms with Crippen molar-refractivity contribution in [3.05, 3.63) is 66.2 Å². The molecule has 0 bridgehead atoms. The van der Waals surface area contributed by atoms with Crippen LogP contribution in [0.15, 0.2) is 60.7 Å². The highest BCUT2D eigenvalue weighted by Crippen LogP contribution is 2.05. The van der Waals surface area contributed by atoms with Gasteiger partial charge in [0.2, 0.25) is 5.91 Å². The highest BCUT2D eigenvalue weighted by atomic mass is 32.1. The van der Waals surface area contributed by atoms with Crippen LogP contribution < -0.4 is 10.6 Å². The molecular formula is C16H16N2OS. The van der Waals surface area contributed by atoms with Crippen LogP contribution in [-0.4, -0.2) is 11.0 Å². The number of hydrogen-bond donors (Lipinski definition) is 2. The lowest BCUT2D eigenvalue weighted by atomic mass is 10.1. The molecule has 0 spiro atoms. The third-order valence-corrected chi connectivity index (χ3v) is 2.97. The van der Waals surface area contributed by atoms with Gasteiger partial charge in [0.25, 0.3) is 0 Å². The van der Waals surface area contributed by atoms with Crippen molar-refractivity contribution in [1.29, 1.82) is 0 Å². The number of benzene rings is 2. The molecule has 0 fully saturated rings. The molecule has 0 atom stereocenters. The number of nitrogens with one attached hydrogen (secondary N) is 2. The van der Waals surface area contributed by atoms with Gasteiger partial charge in [0.05, 0.1) is 0 Å². The van der Waals surface area contributed by atoms with Gasteiger partial charge >= 0.3 is 0 Å². The van der Waals surface area contributed by atoms with Crippen molar-refractivity contribution in [3.8, 4) is 0 Å². The van der Waals surface area contributed by atoms with Gasteiger partial charge in [-0.1, -0.05) is 48.5 Å². The van der Waals surface area contributed by atoms with E-state index in [1.54, 1.807) is 0 Å². The highest BCUT2D eigenvalue weighted by molar-refractivity contribution is 7.80. The molecule has 102 valence electrons. The largest absolute Gasteiger partial charge is 0.332 e. The van der Waals surface area contributed by atoms with Crippen LogP contribution in [-0.2, 0) is 11.2 Å². The maximum Gasteiger partial charge on any atom is 0.226 e. The number of anilines is 1. The van der Waals surface area contributed by atoms with Crippen LogP contribution in [0.1, 0.15) is 12.0 Å². The maximum atomic E-state index is 11.8. The monoisotopic (exact) mass is 284 g/mol. The maximum absolute atomic E-state index is 11.8. The molecule has 0 aromatic heterocycles. The quantitative estimate of drug-likeness (QED) is 0.848. The number of hydrogen-bond acceptors (Lipinski definition) is 2. The van der Waals surface area contributed by atoms with Crippen molar-refractivity contribution < 1.29 is 4.79 Å². The lowest BCUT2D eigenvalue weighted by molar-refractivity contribution is -0.119. The van der Waals surface area contributed by atoms with Gasteiger partial charge in [-0.15, -0.1) is 0 Å². The van der Waals surface area contributed by atoms with Gasteiger partial charge in [-0.2, -0.15) is 0 Å². The minimum atomic E-state index is -0.0812. The molecule has 2 aromatic carbocycles. The molecule has 2 aromatic rings. The molecule has 0 aliphatic heterocycles. The lowest BCUT2D eigenvalue weighted by Gasteiger charge is -2.09. The van der Waals surface area contributed by atoms with Crippen molar-refractivity contribution in [2.24, 2.45) is 0 Å². The van der Waals surface area contributed by atoms with Crippen LogP contribution in [0.2, 0.25) is 0 Å². The highest BCUT2D eigenvalue weighted by Gasteiger charge is 2.05. The average Bonchev–Trinajstić information content (AvgIpc) is 2.47. The summed E-state index contributed by atoms with van der Waals surface area (Å²) in [6.07, 6.45) is 1.13. The minimum absolute atomic E-state index is 0.0812. The van der Waals surface area contributed by atoms with Gasteiger partial charge in [-0.3, -0.25) is 4.79 Å². The molecule has 0 radical (unpaired) electrons. The lowest BCUT2D eigenvalue weighted by Crippen LogP contribution is -2.34. The molecule has 0 heterocycles. The summed E-state index contributed by atoms with van der Waals surface area (Å²) in [6, 6.07) is 19.4. The Hall–Kier alpha value is -2.20. The zero-order chi connectivity index (χ0) is 14.2.